The summed E-state index contributed by atoms with van der Waals surface area (Å²) in [6.45, 7) is -0.334. The van der Waals surface area contributed by atoms with Crippen LogP contribution < -0.4 is 0 Å². The molecule has 2 aromatic rings. The van der Waals surface area contributed by atoms with Crippen molar-refractivity contribution in [2.75, 3.05) is 6.67 Å². The number of H-pyrrole nitrogens is 1. The standard InChI is InChI=1S/C10H9ClFN/c11-9-3-1-2-8-7(4-5-12)6-13-10(8)9/h1-3,6,13H,4-5H2. The molecule has 1 nitrogen and oxygen atoms in total. The lowest BCUT2D eigenvalue weighted by Crippen LogP contribution is -1.83. The Balaban J connectivity index is 2.61. The van der Waals surface area contributed by atoms with Gasteiger partial charge in [-0.2, -0.15) is 0 Å². The van der Waals surface area contributed by atoms with Crippen LogP contribution >= 0.6 is 11.6 Å². The number of rotatable bonds is 2. The molecule has 0 aliphatic heterocycles. The number of aryl methyl sites for hydroxylation is 1. The molecule has 0 unspecified atom stereocenters. The average Bonchev–Trinajstić information content (AvgIpc) is 2.51. The zero-order valence-corrected chi connectivity index (χ0v) is 7.74. The Morgan fingerprint density at radius 1 is 1.38 bits per heavy atom. The number of hydrogen-bond acceptors (Lipinski definition) is 0. The highest BCUT2D eigenvalue weighted by molar-refractivity contribution is 6.35. The van der Waals surface area contributed by atoms with Crippen molar-refractivity contribution in [1.82, 2.24) is 4.98 Å². The molecular weight excluding hydrogens is 189 g/mol. The maximum absolute atomic E-state index is 12.1. The second kappa shape index (κ2) is 3.38. The van der Waals surface area contributed by atoms with Crippen molar-refractivity contribution in [2.24, 2.45) is 0 Å². The van der Waals surface area contributed by atoms with Crippen LogP contribution in [-0.2, 0) is 6.42 Å². The minimum Gasteiger partial charge on any atom is -0.360 e. The van der Waals surface area contributed by atoms with Gasteiger partial charge in [0.2, 0.25) is 0 Å². The monoisotopic (exact) mass is 197 g/mol. The number of hydrogen-bond donors (Lipinski definition) is 1. The van der Waals surface area contributed by atoms with E-state index in [0.29, 0.717) is 11.4 Å². The van der Waals surface area contributed by atoms with E-state index < -0.39 is 0 Å². The normalized spacial score (nSPS) is 10.9. The average molecular weight is 198 g/mol. The molecule has 0 amide bonds. The van der Waals surface area contributed by atoms with Gasteiger partial charge in [-0.15, -0.1) is 0 Å². The molecule has 0 aliphatic carbocycles. The molecule has 68 valence electrons. The molecule has 2 rings (SSSR count). The fraction of sp³-hybridized carbons (Fsp3) is 0.200. The third kappa shape index (κ3) is 1.42. The second-order valence-electron chi connectivity index (χ2n) is 2.92. The van der Waals surface area contributed by atoms with Crippen LogP contribution in [0.4, 0.5) is 4.39 Å². The molecule has 0 saturated carbocycles. The fourth-order valence-electron chi connectivity index (χ4n) is 1.48. The first kappa shape index (κ1) is 8.57. The first-order valence-corrected chi connectivity index (χ1v) is 4.51. The van der Waals surface area contributed by atoms with E-state index in [1.54, 1.807) is 0 Å². The van der Waals surface area contributed by atoms with Crippen molar-refractivity contribution in [3.8, 4) is 0 Å². The van der Waals surface area contributed by atoms with Crippen molar-refractivity contribution >= 4 is 22.5 Å². The molecule has 3 heteroatoms. The smallest absolute Gasteiger partial charge is 0.0935 e. The summed E-state index contributed by atoms with van der Waals surface area (Å²) in [5.41, 5.74) is 1.88. The molecule has 0 fully saturated rings. The first-order chi connectivity index (χ1) is 6.33. The SMILES string of the molecule is FCCc1c[nH]c2c(Cl)cccc12. The van der Waals surface area contributed by atoms with Crippen LogP contribution in [-0.4, -0.2) is 11.7 Å². The number of nitrogens with one attached hydrogen (secondary N) is 1. The zero-order chi connectivity index (χ0) is 9.26. The lowest BCUT2D eigenvalue weighted by atomic mass is 10.1. The maximum Gasteiger partial charge on any atom is 0.0935 e. The Morgan fingerprint density at radius 2 is 2.23 bits per heavy atom. The number of benzene rings is 1. The molecule has 0 bridgehead atoms. The molecule has 1 aromatic carbocycles. The van der Waals surface area contributed by atoms with Crippen LogP contribution in [0.5, 0.6) is 0 Å². The van der Waals surface area contributed by atoms with Gasteiger partial charge in [-0.1, -0.05) is 23.7 Å². The summed E-state index contributed by atoms with van der Waals surface area (Å²) >= 11 is 5.95. The van der Waals surface area contributed by atoms with Crippen LogP contribution in [0.25, 0.3) is 10.9 Å². The molecular formula is C10H9ClFN. The fourth-order valence-corrected chi connectivity index (χ4v) is 1.71. The summed E-state index contributed by atoms with van der Waals surface area (Å²) in [6, 6.07) is 5.64. The number of para-hydroxylation sites is 1. The highest BCUT2D eigenvalue weighted by atomic mass is 35.5. The molecule has 1 aromatic heterocycles. The van der Waals surface area contributed by atoms with Crippen molar-refractivity contribution in [3.05, 3.63) is 35.0 Å². The summed E-state index contributed by atoms with van der Waals surface area (Å²) in [7, 11) is 0. The predicted molar refractivity (Wildman–Crippen MR) is 53.0 cm³/mol. The summed E-state index contributed by atoms with van der Waals surface area (Å²) in [4.78, 5) is 3.04. The highest BCUT2D eigenvalue weighted by Gasteiger charge is 2.04. The molecule has 0 spiro atoms. The van der Waals surface area contributed by atoms with Crippen LogP contribution in [0.2, 0.25) is 5.02 Å². The molecule has 0 aliphatic rings. The molecule has 13 heavy (non-hydrogen) atoms. The summed E-state index contributed by atoms with van der Waals surface area (Å²) in [5, 5.41) is 1.70. The van der Waals surface area contributed by atoms with E-state index in [9.17, 15) is 4.39 Å². The van der Waals surface area contributed by atoms with E-state index in [0.717, 1.165) is 16.5 Å². The maximum atomic E-state index is 12.1. The summed E-state index contributed by atoms with van der Waals surface area (Å²) < 4.78 is 12.1. The first-order valence-electron chi connectivity index (χ1n) is 4.13. The van der Waals surface area contributed by atoms with Crippen LogP contribution in [0, 0.1) is 0 Å². The topological polar surface area (TPSA) is 15.8 Å². The zero-order valence-electron chi connectivity index (χ0n) is 6.98. The molecule has 0 saturated heterocycles. The van der Waals surface area contributed by atoms with E-state index >= 15 is 0 Å². The third-order valence-corrected chi connectivity index (χ3v) is 2.43. The predicted octanol–water partition coefficient (Wildman–Crippen LogP) is 3.33. The van der Waals surface area contributed by atoms with E-state index in [1.807, 2.05) is 24.4 Å². The lowest BCUT2D eigenvalue weighted by molar-refractivity contribution is 0.496. The number of alkyl halides is 1. The Kier molecular flexibility index (Phi) is 2.23. The molecule has 0 radical (unpaired) electrons. The lowest BCUT2D eigenvalue weighted by Gasteiger charge is -1.95. The molecule has 0 atom stereocenters. The van der Waals surface area contributed by atoms with Crippen LogP contribution in [0.1, 0.15) is 5.56 Å². The van der Waals surface area contributed by atoms with Gasteiger partial charge in [0.05, 0.1) is 17.2 Å². The van der Waals surface area contributed by atoms with Gasteiger partial charge >= 0.3 is 0 Å². The van der Waals surface area contributed by atoms with Gasteiger partial charge in [0.1, 0.15) is 0 Å². The summed E-state index contributed by atoms with van der Waals surface area (Å²) in [5.74, 6) is 0. The van der Waals surface area contributed by atoms with E-state index in [-0.39, 0.29) is 6.67 Å². The van der Waals surface area contributed by atoms with Gasteiger partial charge in [0, 0.05) is 18.0 Å². The minimum absolute atomic E-state index is 0.334. The van der Waals surface area contributed by atoms with Crippen molar-refractivity contribution in [2.45, 2.75) is 6.42 Å². The van der Waals surface area contributed by atoms with Gasteiger partial charge in [-0.3, -0.25) is 4.39 Å². The van der Waals surface area contributed by atoms with Crippen molar-refractivity contribution in [1.29, 1.82) is 0 Å². The third-order valence-electron chi connectivity index (χ3n) is 2.11. The Bertz CT molecular complexity index is 422. The van der Waals surface area contributed by atoms with Crippen molar-refractivity contribution < 1.29 is 4.39 Å². The van der Waals surface area contributed by atoms with Crippen molar-refractivity contribution in [3.63, 3.8) is 0 Å². The van der Waals surface area contributed by atoms with Crippen LogP contribution in [0.15, 0.2) is 24.4 Å². The number of aromatic nitrogens is 1. The summed E-state index contributed by atoms with van der Waals surface area (Å²) in [6.07, 6.45) is 2.26. The Morgan fingerprint density at radius 3 is 3.00 bits per heavy atom. The number of aromatic amines is 1. The highest BCUT2D eigenvalue weighted by Crippen LogP contribution is 2.25. The van der Waals surface area contributed by atoms with E-state index in [4.69, 9.17) is 11.6 Å². The number of fused-ring (bicyclic) bond motifs is 1. The largest absolute Gasteiger partial charge is 0.360 e. The Hall–Kier alpha value is -1.02. The van der Waals surface area contributed by atoms with Crippen LogP contribution in [0.3, 0.4) is 0 Å². The van der Waals surface area contributed by atoms with Gasteiger partial charge in [-0.25, -0.2) is 0 Å². The van der Waals surface area contributed by atoms with E-state index in [1.165, 1.54) is 0 Å². The second-order valence-corrected chi connectivity index (χ2v) is 3.32. The van der Waals surface area contributed by atoms with Gasteiger partial charge in [-0.05, 0) is 11.6 Å². The van der Waals surface area contributed by atoms with Gasteiger partial charge in [0.15, 0.2) is 0 Å². The van der Waals surface area contributed by atoms with Gasteiger partial charge in [0.25, 0.3) is 0 Å². The Labute approximate surface area is 80.5 Å². The molecule has 1 heterocycles. The van der Waals surface area contributed by atoms with Gasteiger partial charge < -0.3 is 4.98 Å². The minimum atomic E-state index is -0.334. The number of halogens is 2. The molecule has 1 N–H and O–H groups in total. The van der Waals surface area contributed by atoms with E-state index in [2.05, 4.69) is 4.98 Å². The quantitative estimate of drug-likeness (QED) is 0.760.